The highest BCUT2D eigenvalue weighted by Crippen LogP contribution is 2.57. The van der Waals surface area contributed by atoms with E-state index in [0.717, 1.165) is 12.6 Å². The van der Waals surface area contributed by atoms with Gasteiger partial charge in [-0.05, 0) is 45.3 Å². The first-order chi connectivity index (χ1) is 9.25. The van der Waals surface area contributed by atoms with Crippen LogP contribution < -0.4 is 5.32 Å². The molecule has 0 radical (unpaired) electrons. The van der Waals surface area contributed by atoms with E-state index in [4.69, 9.17) is 4.74 Å². The van der Waals surface area contributed by atoms with E-state index < -0.39 is 0 Å². The molecule has 3 saturated carbocycles. The normalized spacial score (nSPS) is 35.1. The Morgan fingerprint density at radius 1 is 1.16 bits per heavy atom. The van der Waals surface area contributed by atoms with E-state index in [0.29, 0.717) is 16.3 Å². The molecule has 3 fully saturated rings. The van der Waals surface area contributed by atoms with Crippen LogP contribution in [0.4, 0.5) is 0 Å². The summed E-state index contributed by atoms with van der Waals surface area (Å²) in [6, 6.07) is 0.738. The van der Waals surface area contributed by atoms with Gasteiger partial charge in [-0.15, -0.1) is 0 Å². The van der Waals surface area contributed by atoms with Crippen LogP contribution in [0.5, 0.6) is 0 Å². The van der Waals surface area contributed by atoms with E-state index in [2.05, 4.69) is 30.3 Å². The minimum absolute atomic E-state index is 0.522. The molecule has 0 aromatic rings. The molecule has 110 valence electrons. The van der Waals surface area contributed by atoms with E-state index in [1.165, 1.54) is 57.9 Å². The maximum atomic E-state index is 5.94. The molecule has 0 aliphatic heterocycles. The molecule has 0 heterocycles. The second-order valence-corrected chi connectivity index (χ2v) is 8.07. The van der Waals surface area contributed by atoms with Gasteiger partial charge < -0.3 is 10.1 Å². The second-order valence-electron chi connectivity index (χ2n) is 6.79. The summed E-state index contributed by atoms with van der Waals surface area (Å²) in [4.78, 5) is 0. The minimum Gasteiger partial charge on any atom is -0.378 e. The van der Waals surface area contributed by atoms with Gasteiger partial charge in [-0.3, -0.25) is 0 Å². The van der Waals surface area contributed by atoms with Crippen molar-refractivity contribution in [2.24, 2.45) is 5.41 Å². The molecular weight excluding hydrogens is 254 g/mol. The lowest BCUT2D eigenvalue weighted by molar-refractivity contribution is -0.172. The number of nitrogens with one attached hydrogen (secondary N) is 1. The Morgan fingerprint density at radius 3 is 2.42 bits per heavy atom. The quantitative estimate of drug-likeness (QED) is 0.805. The van der Waals surface area contributed by atoms with Crippen molar-refractivity contribution in [2.75, 3.05) is 19.4 Å². The molecule has 0 aromatic heterocycles. The van der Waals surface area contributed by atoms with Gasteiger partial charge in [-0.1, -0.05) is 19.3 Å². The smallest absolute Gasteiger partial charge is 0.0661 e. The molecular formula is C16H29NOS. The third-order valence-corrected chi connectivity index (χ3v) is 7.47. The van der Waals surface area contributed by atoms with Crippen LogP contribution in [0.15, 0.2) is 0 Å². The Labute approximate surface area is 122 Å². The Bertz CT molecular complexity index is 310. The third kappa shape index (κ3) is 2.36. The zero-order valence-electron chi connectivity index (χ0n) is 12.5. The molecule has 2 unspecified atom stereocenters. The van der Waals surface area contributed by atoms with Crippen molar-refractivity contribution in [2.45, 2.75) is 75.2 Å². The highest BCUT2D eigenvalue weighted by Gasteiger charge is 2.58. The molecule has 2 nitrogen and oxygen atoms in total. The summed E-state index contributed by atoms with van der Waals surface area (Å²) >= 11 is 2.10. The predicted molar refractivity (Wildman–Crippen MR) is 82.8 cm³/mol. The van der Waals surface area contributed by atoms with Crippen LogP contribution >= 0.6 is 11.8 Å². The molecule has 0 amide bonds. The third-order valence-electron chi connectivity index (χ3n) is 6.06. The van der Waals surface area contributed by atoms with E-state index in [9.17, 15) is 0 Å². The van der Waals surface area contributed by atoms with E-state index in [1.807, 2.05) is 0 Å². The average molecular weight is 283 g/mol. The fraction of sp³-hybridized carbons (Fsp3) is 1.00. The van der Waals surface area contributed by atoms with E-state index in [1.54, 1.807) is 0 Å². The fourth-order valence-corrected chi connectivity index (χ4v) is 5.43. The molecule has 2 atom stereocenters. The summed E-state index contributed by atoms with van der Waals surface area (Å²) < 4.78 is 6.49. The van der Waals surface area contributed by atoms with Crippen LogP contribution in [0.25, 0.3) is 0 Å². The molecule has 3 heteroatoms. The van der Waals surface area contributed by atoms with Crippen LogP contribution in [0.3, 0.4) is 0 Å². The lowest BCUT2D eigenvalue weighted by Crippen LogP contribution is -2.67. The number of thioether (sulfide) groups is 1. The maximum absolute atomic E-state index is 5.94. The zero-order valence-corrected chi connectivity index (χ0v) is 13.4. The highest BCUT2D eigenvalue weighted by molar-refractivity contribution is 8.00. The lowest BCUT2D eigenvalue weighted by atomic mass is 9.51. The number of ether oxygens (including phenoxy) is 1. The standard InChI is InChI=1S/C16H29NOS/c1-3-18-14-11-13(16(14)9-6-10-16)17-12-15(19-2)7-4-5-8-15/h13-14,17H,3-12H2,1-2H3. The predicted octanol–water partition coefficient (Wildman–Crippen LogP) is 3.60. The first kappa shape index (κ1) is 14.2. The van der Waals surface area contributed by atoms with Crippen LogP contribution in [-0.2, 0) is 4.74 Å². The summed E-state index contributed by atoms with van der Waals surface area (Å²) in [6.45, 7) is 4.24. The van der Waals surface area contributed by atoms with Gasteiger partial charge in [0.25, 0.3) is 0 Å². The molecule has 0 saturated heterocycles. The molecule has 3 aliphatic rings. The summed E-state index contributed by atoms with van der Waals surface area (Å²) in [5.41, 5.74) is 0.522. The minimum atomic E-state index is 0.522. The monoisotopic (exact) mass is 283 g/mol. The van der Waals surface area contributed by atoms with Gasteiger partial charge in [0.1, 0.15) is 0 Å². The van der Waals surface area contributed by atoms with Gasteiger partial charge in [0.15, 0.2) is 0 Å². The van der Waals surface area contributed by atoms with Gasteiger partial charge in [0, 0.05) is 29.4 Å². The summed E-state index contributed by atoms with van der Waals surface area (Å²) in [6.07, 6.45) is 14.0. The highest BCUT2D eigenvalue weighted by atomic mass is 32.2. The number of rotatable bonds is 6. The Morgan fingerprint density at radius 2 is 1.89 bits per heavy atom. The molecule has 1 N–H and O–H groups in total. The number of hydrogen-bond donors (Lipinski definition) is 1. The molecule has 3 aliphatic carbocycles. The van der Waals surface area contributed by atoms with Crippen LogP contribution in [0.2, 0.25) is 0 Å². The van der Waals surface area contributed by atoms with Crippen molar-refractivity contribution in [1.29, 1.82) is 0 Å². The van der Waals surface area contributed by atoms with Gasteiger partial charge in [0.05, 0.1) is 6.10 Å². The van der Waals surface area contributed by atoms with Gasteiger partial charge >= 0.3 is 0 Å². The average Bonchev–Trinajstić information content (AvgIpc) is 2.80. The lowest BCUT2D eigenvalue weighted by Gasteiger charge is -2.61. The molecule has 1 spiro atoms. The SMILES string of the molecule is CCOC1CC(NCC2(SC)CCCC2)C12CCC2. The summed E-state index contributed by atoms with van der Waals surface area (Å²) in [5, 5.41) is 3.93. The van der Waals surface area contributed by atoms with Crippen molar-refractivity contribution in [1.82, 2.24) is 5.32 Å². The summed E-state index contributed by atoms with van der Waals surface area (Å²) in [5.74, 6) is 0. The molecule has 0 bridgehead atoms. The molecule has 0 aromatic carbocycles. The van der Waals surface area contributed by atoms with Crippen LogP contribution in [0.1, 0.15) is 58.3 Å². The van der Waals surface area contributed by atoms with Gasteiger partial charge in [-0.2, -0.15) is 11.8 Å². The first-order valence-electron chi connectivity index (χ1n) is 8.15. The largest absolute Gasteiger partial charge is 0.378 e. The van der Waals surface area contributed by atoms with Crippen molar-refractivity contribution in [3.05, 3.63) is 0 Å². The fourth-order valence-electron chi connectivity index (χ4n) is 4.51. The van der Waals surface area contributed by atoms with Crippen LogP contribution in [-0.4, -0.2) is 36.3 Å². The van der Waals surface area contributed by atoms with Crippen molar-refractivity contribution in [3.63, 3.8) is 0 Å². The zero-order chi connectivity index (χ0) is 13.3. The van der Waals surface area contributed by atoms with Crippen LogP contribution in [0, 0.1) is 5.41 Å². The summed E-state index contributed by atoms with van der Waals surface area (Å²) in [7, 11) is 0. The van der Waals surface area contributed by atoms with Gasteiger partial charge in [0.2, 0.25) is 0 Å². The molecule has 3 rings (SSSR count). The number of hydrogen-bond acceptors (Lipinski definition) is 3. The van der Waals surface area contributed by atoms with Crippen molar-refractivity contribution < 1.29 is 4.74 Å². The van der Waals surface area contributed by atoms with E-state index >= 15 is 0 Å². The van der Waals surface area contributed by atoms with Crippen molar-refractivity contribution in [3.8, 4) is 0 Å². The first-order valence-corrected chi connectivity index (χ1v) is 9.37. The Balaban J connectivity index is 1.53. The molecule has 19 heavy (non-hydrogen) atoms. The second kappa shape index (κ2) is 5.57. The Hall–Kier alpha value is 0.270. The van der Waals surface area contributed by atoms with E-state index in [-0.39, 0.29) is 0 Å². The topological polar surface area (TPSA) is 21.3 Å². The Kier molecular flexibility index (Phi) is 4.17. The van der Waals surface area contributed by atoms with Crippen molar-refractivity contribution >= 4 is 11.8 Å². The van der Waals surface area contributed by atoms with Gasteiger partial charge in [-0.25, -0.2) is 0 Å². The maximum Gasteiger partial charge on any atom is 0.0661 e.